The molecule has 0 saturated heterocycles. The second-order valence-corrected chi connectivity index (χ2v) is 2.49. The van der Waals surface area contributed by atoms with E-state index in [1.165, 1.54) is 18.4 Å². The van der Waals surface area contributed by atoms with Gasteiger partial charge in [0, 0.05) is 11.6 Å². The van der Waals surface area contributed by atoms with Gasteiger partial charge in [-0.1, -0.05) is 6.58 Å². The van der Waals surface area contributed by atoms with E-state index in [2.05, 4.69) is 6.58 Å². The minimum atomic E-state index is -0.424. The molecule has 0 N–H and O–H groups in total. The van der Waals surface area contributed by atoms with E-state index in [4.69, 9.17) is 4.74 Å². The van der Waals surface area contributed by atoms with E-state index in [9.17, 15) is 10.1 Å². The SMILES string of the molecule is C=COc1ccc([N+](=O)[O-])c(C)c1. The van der Waals surface area contributed by atoms with Crippen LogP contribution < -0.4 is 4.74 Å². The van der Waals surface area contributed by atoms with Crippen LogP contribution in [0.5, 0.6) is 5.75 Å². The lowest BCUT2D eigenvalue weighted by molar-refractivity contribution is -0.385. The van der Waals surface area contributed by atoms with E-state index in [-0.39, 0.29) is 5.69 Å². The van der Waals surface area contributed by atoms with Gasteiger partial charge < -0.3 is 4.74 Å². The largest absolute Gasteiger partial charge is 0.466 e. The number of hydrogen-bond acceptors (Lipinski definition) is 3. The fourth-order valence-corrected chi connectivity index (χ4v) is 1.00. The zero-order valence-electron chi connectivity index (χ0n) is 7.19. The van der Waals surface area contributed by atoms with Crippen molar-refractivity contribution in [1.82, 2.24) is 0 Å². The standard InChI is InChI=1S/C9H9NO3/c1-3-13-8-4-5-9(10(11)12)7(2)6-8/h3-6H,1H2,2H3. The van der Waals surface area contributed by atoms with Gasteiger partial charge in [-0.15, -0.1) is 0 Å². The summed E-state index contributed by atoms with van der Waals surface area (Å²) in [6, 6.07) is 4.54. The first-order chi connectivity index (χ1) is 6.15. The van der Waals surface area contributed by atoms with E-state index >= 15 is 0 Å². The highest BCUT2D eigenvalue weighted by Crippen LogP contribution is 2.22. The number of ether oxygens (including phenoxy) is 1. The van der Waals surface area contributed by atoms with Crippen molar-refractivity contribution in [1.29, 1.82) is 0 Å². The number of hydrogen-bond donors (Lipinski definition) is 0. The maximum Gasteiger partial charge on any atom is 0.272 e. The normalized spacial score (nSPS) is 9.31. The molecule has 4 heteroatoms. The molecule has 0 aromatic heterocycles. The van der Waals surface area contributed by atoms with Gasteiger partial charge in [0.05, 0.1) is 11.2 Å². The monoisotopic (exact) mass is 179 g/mol. The van der Waals surface area contributed by atoms with Crippen LogP contribution in [0.4, 0.5) is 5.69 Å². The lowest BCUT2D eigenvalue weighted by Crippen LogP contribution is -1.91. The Morgan fingerprint density at radius 1 is 1.62 bits per heavy atom. The molecule has 4 nitrogen and oxygen atoms in total. The number of nitrogens with zero attached hydrogens (tertiary/aromatic N) is 1. The third-order valence-corrected chi connectivity index (χ3v) is 1.58. The molecule has 0 radical (unpaired) electrons. The van der Waals surface area contributed by atoms with Gasteiger partial charge in [-0.25, -0.2) is 0 Å². The van der Waals surface area contributed by atoms with Gasteiger partial charge in [0.2, 0.25) is 0 Å². The summed E-state index contributed by atoms with van der Waals surface area (Å²) in [6.07, 6.45) is 1.28. The number of rotatable bonds is 3. The summed E-state index contributed by atoms with van der Waals surface area (Å²) in [5.74, 6) is 0.554. The Kier molecular flexibility index (Phi) is 2.64. The van der Waals surface area contributed by atoms with Gasteiger partial charge in [-0.2, -0.15) is 0 Å². The van der Waals surface area contributed by atoms with Crippen LogP contribution in [0, 0.1) is 17.0 Å². The van der Waals surface area contributed by atoms with Crippen LogP contribution in [0.15, 0.2) is 31.0 Å². The fraction of sp³-hybridized carbons (Fsp3) is 0.111. The topological polar surface area (TPSA) is 52.4 Å². The molecular weight excluding hydrogens is 170 g/mol. The number of aryl methyl sites for hydroxylation is 1. The molecule has 0 saturated carbocycles. The second-order valence-electron chi connectivity index (χ2n) is 2.49. The molecule has 13 heavy (non-hydrogen) atoms. The van der Waals surface area contributed by atoms with E-state index in [1.54, 1.807) is 13.0 Å². The average Bonchev–Trinajstić information content (AvgIpc) is 2.04. The van der Waals surface area contributed by atoms with E-state index in [1.807, 2.05) is 0 Å². The van der Waals surface area contributed by atoms with Gasteiger partial charge in [-0.05, 0) is 19.1 Å². The summed E-state index contributed by atoms with van der Waals surface area (Å²) >= 11 is 0. The van der Waals surface area contributed by atoms with Crippen molar-refractivity contribution in [2.75, 3.05) is 0 Å². The minimum absolute atomic E-state index is 0.0939. The molecule has 0 fully saturated rings. The van der Waals surface area contributed by atoms with E-state index in [0.29, 0.717) is 11.3 Å². The van der Waals surface area contributed by atoms with Crippen molar-refractivity contribution in [2.45, 2.75) is 6.92 Å². The maximum absolute atomic E-state index is 10.4. The van der Waals surface area contributed by atoms with Gasteiger partial charge in [0.1, 0.15) is 5.75 Å². The van der Waals surface area contributed by atoms with Crippen LogP contribution in [-0.4, -0.2) is 4.92 Å². The zero-order valence-corrected chi connectivity index (χ0v) is 7.19. The highest BCUT2D eigenvalue weighted by Gasteiger charge is 2.09. The molecule has 0 amide bonds. The Morgan fingerprint density at radius 2 is 2.31 bits per heavy atom. The molecule has 0 spiro atoms. The first kappa shape index (κ1) is 9.25. The van der Waals surface area contributed by atoms with Crippen LogP contribution >= 0.6 is 0 Å². The smallest absolute Gasteiger partial charge is 0.272 e. The van der Waals surface area contributed by atoms with Gasteiger partial charge >= 0.3 is 0 Å². The highest BCUT2D eigenvalue weighted by atomic mass is 16.6. The summed E-state index contributed by atoms with van der Waals surface area (Å²) < 4.78 is 4.96. The van der Waals surface area contributed by atoms with Crippen LogP contribution in [0.3, 0.4) is 0 Å². The Labute approximate surface area is 75.6 Å². The summed E-state index contributed by atoms with van der Waals surface area (Å²) in [5, 5.41) is 10.4. The fourth-order valence-electron chi connectivity index (χ4n) is 1.00. The van der Waals surface area contributed by atoms with Gasteiger partial charge in [0.25, 0.3) is 5.69 Å². The molecule has 1 aromatic rings. The molecule has 0 bridgehead atoms. The van der Waals surface area contributed by atoms with Crippen molar-refractivity contribution >= 4 is 5.69 Å². The van der Waals surface area contributed by atoms with E-state index < -0.39 is 4.92 Å². The van der Waals surface area contributed by atoms with Crippen LogP contribution in [0.1, 0.15) is 5.56 Å². The Morgan fingerprint density at radius 3 is 2.77 bits per heavy atom. The predicted octanol–water partition coefficient (Wildman–Crippen LogP) is 2.43. The third-order valence-electron chi connectivity index (χ3n) is 1.58. The van der Waals surface area contributed by atoms with Gasteiger partial charge in [0.15, 0.2) is 0 Å². The third kappa shape index (κ3) is 2.05. The van der Waals surface area contributed by atoms with Crippen molar-refractivity contribution in [3.8, 4) is 5.75 Å². The first-order valence-electron chi connectivity index (χ1n) is 3.67. The summed E-state index contributed by atoms with van der Waals surface area (Å²) in [5.41, 5.74) is 0.667. The van der Waals surface area contributed by atoms with Crippen molar-refractivity contribution in [2.24, 2.45) is 0 Å². The average molecular weight is 179 g/mol. The van der Waals surface area contributed by atoms with E-state index in [0.717, 1.165) is 0 Å². The quantitative estimate of drug-likeness (QED) is 0.406. The Bertz CT molecular complexity index is 347. The maximum atomic E-state index is 10.4. The number of nitro groups is 1. The molecule has 1 rings (SSSR count). The number of benzene rings is 1. The van der Waals surface area contributed by atoms with Crippen LogP contribution in [0.25, 0.3) is 0 Å². The highest BCUT2D eigenvalue weighted by molar-refractivity contribution is 5.44. The Hall–Kier alpha value is -1.84. The molecule has 68 valence electrons. The lowest BCUT2D eigenvalue weighted by Gasteiger charge is -2.01. The van der Waals surface area contributed by atoms with Crippen molar-refractivity contribution in [3.05, 3.63) is 46.7 Å². The first-order valence-corrected chi connectivity index (χ1v) is 3.67. The predicted molar refractivity (Wildman–Crippen MR) is 48.7 cm³/mol. The lowest BCUT2D eigenvalue weighted by atomic mass is 10.2. The Balaban J connectivity index is 3.05. The summed E-state index contributed by atoms with van der Waals surface area (Å²) in [7, 11) is 0. The molecule has 0 aliphatic rings. The summed E-state index contributed by atoms with van der Waals surface area (Å²) in [6.45, 7) is 5.05. The molecule has 0 atom stereocenters. The van der Waals surface area contributed by atoms with Crippen LogP contribution in [-0.2, 0) is 0 Å². The molecule has 0 unspecified atom stereocenters. The number of nitro benzene ring substituents is 1. The molecule has 1 aromatic carbocycles. The van der Waals surface area contributed by atoms with Crippen molar-refractivity contribution in [3.63, 3.8) is 0 Å². The minimum Gasteiger partial charge on any atom is -0.466 e. The molecular formula is C9H9NO3. The molecule has 0 aliphatic heterocycles. The van der Waals surface area contributed by atoms with Crippen LogP contribution in [0.2, 0.25) is 0 Å². The van der Waals surface area contributed by atoms with Crippen molar-refractivity contribution < 1.29 is 9.66 Å². The molecule has 0 heterocycles. The second kappa shape index (κ2) is 3.71. The molecule has 0 aliphatic carbocycles. The zero-order chi connectivity index (χ0) is 9.84. The van der Waals surface area contributed by atoms with Gasteiger partial charge in [-0.3, -0.25) is 10.1 Å². The summed E-state index contributed by atoms with van der Waals surface area (Å²) in [4.78, 5) is 10.0.